The number of nitrogens with one attached hydrogen (secondary N) is 1. The van der Waals surface area contributed by atoms with Gasteiger partial charge in [-0.25, -0.2) is 9.78 Å². The Morgan fingerprint density at radius 2 is 2.00 bits per heavy atom. The van der Waals surface area contributed by atoms with Gasteiger partial charge in [-0.3, -0.25) is 19.3 Å². The highest BCUT2D eigenvalue weighted by Crippen LogP contribution is 2.46. The van der Waals surface area contributed by atoms with Crippen molar-refractivity contribution in [3.05, 3.63) is 57.7 Å². The van der Waals surface area contributed by atoms with Crippen LogP contribution < -0.4 is 5.32 Å². The smallest absolute Gasteiger partial charge is 0.353 e. The quantitative estimate of drug-likeness (QED) is 0.307. The van der Waals surface area contributed by atoms with Gasteiger partial charge in [0.05, 0.1) is 31.2 Å². The van der Waals surface area contributed by atoms with E-state index in [9.17, 15) is 24.3 Å². The second-order valence-electron chi connectivity index (χ2n) is 7.43. The molecule has 3 heterocycles. The van der Waals surface area contributed by atoms with Crippen LogP contribution in [0.5, 0.6) is 0 Å². The average molecular weight is 518 g/mol. The van der Waals surface area contributed by atoms with Gasteiger partial charge in [0.15, 0.2) is 0 Å². The van der Waals surface area contributed by atoms with Gasteiger partial charge in [-0.05, 0) is 5.56 Å². The van der Waals surface area contributed by atoms with E-state index in [1.165, 1.54) is 30.2 Å². The summed E-state index contributed by atoms with van der Waals surface area (Å²) in [5.74, 6) is -2.55. The number of fused-ring (bicyclic) bond motifs is 1. The lowest BCUT2D eigenvalue weighted by Gasteiger charge is -2.46. The Morgan fingerprint density at radius 3 is 2.68 bits per heavy atom. The lowest BCUT2D eigenvalue weighted by Crippen LogP contribution is -2.63. The normalized spacial score (nSPS) is 19.4. The minimum absolute atomic E-state index is 0.105. The first kappa shape index (κ1) is 24.0. The van der Waals surface area contributed by atoms with Crippen LogP contribution in [0.3, 0.4) is 0 Å². The molecule has 1 aromatic carbocycles. The van der Waals surface area contributed by atoms with Gasteiger partial charge in [0.1, 0.15) is 26.3 Å². The predicted octanol–water partition coefficient (Wildman–Crippen LogP) is 2.01. The van der Waals surface area contributed by atoms with E-state index in [0.29, 0.717) is 17.1 Å². The van der Waals surface area contributed by atoms with Crippen molar-refractivity contribution in [2.75, 3.05) is 7.11 Å². The minimum Gasteiger partial charge on any atom is -0.477 e. The average Bonchev–Trinajstić information content (AvgIpc) is 3.30. The molecule has 2 aliphatic heterocycles. The number of aryl methyl sites for hydroxylation is 1. The van der Waals surface area contributed by atoms with E-state index in [1.807, 2.05) is 30.3 Å². The first-order chi connectivity index (χ1) is 16.3. The molecule has 9 nitrogen and oxygen atoms in total. The summed E-state index contributed by atoms with van der Waals surface area (Å²) in [5, 5.41) is 13.5. The number of carboxylic acids is 1. The molecule has 12 heteroatoms. The zero-order chi connectivity index (χ0) is 24.4. The molecule has 176 valence electrons. The van der Waals surface area contributed by atoms with Crippen LogP contribution in [0.25, 0.3) is 5.57 Å². The highest BCUT2D eigenvalue weighted by molar-refractivity contribution is 8.03. The number of carboxylic acid groups (broad SMARTS) is 1. The largest absolute Gasteiger partial charge is 0.477 e. The van der Waals surface area contributed by atoms with E-state index in [0.717, 1.165) is 10.5 Å². The van der Waals surface area contributed by atoms with E-state index in [2.05, 4.69) is 15.0 Å². The van der Waals surface area contributed by atoms with Crippen molar-refractivity contribution in [1.29, 1.82) is 0 Å². The molecule has 0 aliphatic carbocycles. The highest BCUT2D eigenvalue weighted by Gasteiger charge is 2.53. The van der Waals surface area contributed by atoms with E-state index in [-0.39, 0.29) is 40.9 Å². The molecular formula is C22H19N3O6S3. The highest BCUT2D eigenvalue weighted by atomic mass is 32.2. The van der Waals surface area contributed by atoms with E-state index < -0.39 is 22.6 Å². The van der Waals surface area contributed by atoms with Crippen LogP contribution in [0.2, 0.25) is 0 Å². The van der Waals surface area contributed by atoms with Crippen LogP contribution in [-0.4, -0.2) is 61.5 Å². The van der Waals surface area contributed by atoms with Crippen molar-refractivity contribution in [3.63, 3.8) is 0 Å². The molecular weight excluding hydrogens is 498 g/mol. The summed E-state index contributed by atoms with van der Waals surface area (Å²) in [5.41, 5.74) is 1.36. The zero-order valence-corrected chi connectivity index (χ0v) is 20.3. The number of methoxy groups -OCH3 is 1. The molecule has 0 bridgehead atoms. The number of benzene rings is 1. The van der Waals surface area contributed by atoms with E-state index in [1.54, 1.807) is 5.38 Å². The summed E-state index contributed by atoms with van der Waals surface area (Å²) >= 11 is 7.52. The molecule has 1 aromatic heterocycles. The third-order valence-corrected chi connectivity index (χ3v) is 8.01. The number of aliphatic carboxylic acids is 1. The fraction of sp³-hybridized carbons (Fsp3) is 0.273. The molecule has 0 radical (unpaired) electrons. The topological polar surface area (TPSA) is 126 Å². The number of amides is 2. The number of nitrogens with zero attached hydrogens (tertiary/aromatic N) is 2. The number of aromatic nitrogens is 1. The van der Waals surface area contributed by atoms with Crippen LogP contribution >= 0.6 is 35.3 Å². The van der Waals surface area contributed by atoms with Gasteiger partial charge in [-0.2, -0.15) is 0 Å². The number of β-lactam (4-membered cyclic amide) rings is 1. The maximum Gasteiger partial charge on any atom is 0.353 e. The van der Waals surface area contributed by atoms with Gasteiger partial charge >= 0.3 is 11.9 Å². The number of thiocarbonyl (C=S) groups is 1. The summed E-state index contributed by atoms with van der Waals surface area (Å²) in [6.07, 6.45) is 0.539. The SMILES string of the molecule is COC(=O)CCc1csc(C2=C(C(=O)O)N3C(=O)C(=S)[C@@H]3SC2NC(=O)Cc2ccccc2)n1. The van der Waals surface area contributed by atoms with Gasteiger partial charge in [0.2, 0.25) is 5.91 Å². The number of thioether (sulfide) groups is 1. The Bertz CT molecular complexity index is 1210. The molecule has 4 rings (SSSR count). The van der Waals surface area contributed by atoms with Crippen molar-refractivity contribution in [1.82, 2.24) is 15.2 Å². The predicted molar refractivity (Wildman–Crippen MR) is 130 cm³/mol. The number of thiazole rings is 1. The fourth-order valence-electron chi connectivity index (χ4n) is 3.57. The second-order valence-corrected chi connectivity index (χ2v) is 9.91. The summed E-state index contributed by atoms with van der Waals surface area (Å²) in [7, 11) is 1.30. The molecule has 1 unspecified atom stereocenters. The van der Waals surface area contributed by atoms with Gasteiger partial charge in [0.25, 0.3) is 5.91 Å². The first-order valence-electron chi connectivity index (χ1n) is 10.2. The van der Waals surface area contributed by atoms with Crippen molar-refractivity contribution in [2.24, 2.45) is 0 Å². The summed E-state index contributed by atoms with van der Waals surface area (Å²) in [6, 6.07) is 9.15. The van der Waals surface area contributed by atoms with Gasteiger partial charge < -0.3 is 15.2 Å². The van der Waals surface area contributed by atoms with Crippen molar-refractivity contribution >= 4 is 69.5 Å². The number of rotatable bonds is 8. The molecule has 2 aliphatic rings. The van der Waals surface area contributed by atoms with Crippen LogP contribution in [-0.2, 0) is 36.8 Å². The van der Waals surface area contributed by atoms with Gasteiger partial charge in [-0.1, -0.05) is 42.5 Å². The standard InChI is InChI=1S/C22H19N3O6S3/c1-31-14(27)8-7-12-10-33-18(23-12)15-16(22(29)30)25-20(28)17(32)21(25)34-19(15)24-13(26)9-11-5-3-2-4-6-11/h2-6,10,19,21H,7-9H2,1H3,(H,24,26)(H,29,30)/t19?,21-/m0/s1. The van der Waals surface area contributed by atoms with Crippen molar-refractivity contribution < 1.29 is 29.0 Å². The first-order valence-corrected chi connectivity index (χ1v) is 12.4. The third kappa shape index (κ3) is 4.74. The van der Waals surface area contributed by atoms with Crippen molar-refractivity contribution in [3.8, 4) is 0 Å². The summed E-state index contributed by atoms with van der Waals surface area (Å²) in [4.78, 5) is 54.7. The second kappa shape index (κ2) is 10.0. The molecule has 0 saturated carbocycles. The van der Waals surface area contributed by atoms with Crippen LogP contribution in [0.1, 0.15) is 22.7 Å². The number of carbonyl (C=O) groups excluding carboxylic acids is 3. The minimum atomic E-state index is -1.32. The Balaban J connectivity index is 1.67. The van der Waals surface area contributed by atoms with E-state index >= 15 is 0 Å². The number of hydrogen-bond acceptors (Lipinski definition) is 9. The number of ether oxygens (including phenoxy) is 1. The maximum atomic E-state index is 12.8. The lowest BCUT2D eigenvalue weighted by molar-refractivity contribution is -0.140. The molecule has 1 saturated heterocycles. The molecule has 2 aromatic rings. The number of esters is 1. The zero-order valence-electron chi connectivity index (χ0n) is 17.8. The Kier molecular flexibility index (Phi) is 7.10. The molecule has 2 amide bonds. The number of carbonyl (C=O) groups is 4. The maximum absolute atomic E-state index is 12.8. The molecule has 2 N–H and O–H groups in total. The third-order valence-electron chi connectivity index (χ3n) is 5.21. The summed E-state index contributed by atoms with van der Waals surface area (Å²) in [6.45, 7) is 0. The number of hydrogen-bond donors (Lipinski definition) is 2. The molecule has 1 fully saturated rings. The van der Waals surface area contributed by atoms with Crippen LogP contribution in [0.15, 0.2) is 41.4 Å². The Morgan fingerprint density at radius 1 is 1.26 bits per heavy atom. The van der Waals surface area contributed by atoms with Crippen LogP contribution in [0, 0.1) is 0 Å². The van der Waals surface area contributed by atoms with E-state index in [4.69, 9.17) is 12.2 Å². The van der Waals surface area contributed by atoms with Crippen LogP contribution in [0.4, 0.5) is 0 Å². The van der Waals surface area contributed by atoms with Gasteiger partial charge in [0, 0.05) is 11.8 Å². The Labute approximate surface area is 208 Å². The molecule has 2 atom stereocenters. The fourth-order valence-corrected chi connectivity index (χ4v) is 6.31. The van der Waals surface area contributed by atoms with Crippen molar-refractivity contribution in [2.45, 2.75) is 30.0 Å². The summed E-state index contributed by atoms with van der Waals surface area (Å²) < 4.78 is 4.65. The molecule has 34 heavy (non-hydrogen) atoms. The monoisotopic (exact) mass is 517 g/mol. The molecule has 0 spiro atoms. The lowest BCUT2D eigenvalue weighted by atomic mass is 10.1. The Hall–Kier alpha value is -3.09. The van der Waals surface area contributed by atoms with Gasteiger partial charge in [-0.15, -0.1) is 23.1 Å².